The maximum absolute atomic E-state index is 13.0. The predicted octanol–water partition coefficient (Wildman–Crippen LogP) is 6.71. The molecule has 1 amide bonds. The number of fused-ring (bicyclic) bond motifs is 1. The van der Waals surface area contributed by atoms with E-state index in [-0.39, 0.29) is 5.91 Å². The smallest absolute Gasteiger partial charge is 0.475 e. The molecule has 2 aromatic heterocycles. The van der Waals surface area contributed by atoms with E-state index < -0.39 is 23.9 Å². The van der Waals surface area contributed by atoms with E-state index in [4.69, 9.17) is 9.90 Å². The number of carboxylic acids is 1. The zero-order chi connectivity index (χ0) is 30.5. The van der Waals surface area contributed by atoms with Crippen molar-refractivity contribution in [3.8, 4) is 21.1 Å². The molecule has 42 heavy (non-hydrogen) atoms. The lowest BCUT2D eigenvalue weighted by atomic mass is 10.1. The van der Waals surface area contributed by atoms with Crippen molar-refractivity contribution in [2.45, 2.75) is 38.2 Å². The van der Waals surface area contributed by atoms with E-state index in [1.807, 2.05) is 29.2 Å². The van der Waals surface area contributed by atoms with Gasteiger partial charge in [0.15, 0.2) is 0 Å². The van der Waals surface area contributed by atoms with Crippen molar-refractivity contribution >= 4 is 34.2 Å². The SMILES string of the molecule is O=C(O)C(F)(F)F.O=C1CCCN1CCCNCc1cccc(-c2ccc(-c3nc4ccc(C(F)(F)F)cc4[nH]3)s2)c1. The predicted molar refractivity (Wildman–Crippen MR) is 146 cm³/mol. The molecule has 0 radical (unpaired) electrons. The Balaban J connectivity index is 0.000000517. The maximum atomic E-state index is 13.0. The first-order chi connectivity index (χ1) is 19.8. The van der Waals surface area contributed by atoms with E-state index in [1.54, 1.807) is 11.3 Å². The van der Waals surface area contributed by atoms with Crippen molar-refractivity contribution in [1.29, 1.82) is 0 Å². The van der Waals surface area contributed by atoms with E-state index in [2.05, 4.69) is 27.4 Å². The normalized spacial score (nSPS) is 13.9. The topological polar surface area (TPSA) is 98.3 Å². The summed E-state index contributed by atoms with van der Waals surface area (Å²) in [7, 11) is 0. The maximum Gasteiger partial charge on any atom is 0.490 e. The van der Waals surface area contributed by atoms with Crippen molar-refractivity contribution in [1.82, 2.24) is 20.2 Å². The Morgan fingerprint density at radius 3 is 2.45 bits per heavy atom. The Bertz CT molecular complexity index is 1550. The molecule has 7 nitrogen and oxygen atoms in total. The van der Waals surface area contributed by atoms with Gasteiger partial charge in [-0.05, 0) is 66.9 Å². The summed E-state index contributed by atoms with van der Waals surface area (Å²) in [6.07, 6.45) is -6.89. The zero-order valence-corrected chi connectivity index (χ0v) is 22.8. The summed E-state index contributed by atoms with van der Waals surface area (Å²) in [6.45, 7) is 3.28. The van der Waals surface area contributed by atoms with Gasteiger partial charge in [-0.15, -0.1) is 11.3 Å². The summed E-state index contributed by atoms with van der Waals surface area (Å²) >= 11 is 1.55. The Kier molecular flexibility index (Phi) is 9.57. The van der Waals surface area contributed by atoms with Crippen LogP contribution in [0.4, 0.5) is 26.3 Å². The second-order valence-electron chi connectivity index (χ2n) is 9.50. The summed E-state index contributed by atoms with van der Waals surface area (Å²) in [4.78, 5) is 31.9. The minimum absolute atomic E-state index is 0.265. The summed E-state index contributed by atoms with van der Waals surface area (Å²) in [6, 6.07) is 15.8. The number of carbonyl (C=O) groups is 2. The van der Waals surface area contributed by atoms with Gasteiger partial charge in [-0.1, -0.05) is 18.2 Å². The Morgan fingerprint density at radius 1 is 1.05 bits per heavy atom. The number of H-pyrrole nitrogens is 1. The minimum Gasteiger partial charge on any atom is -0.475 e. The number of amides is 1. The summed E-state index contributed by atoms with van der Waals surface area (Å²) in [5, 5.41) is 10.6. The number of halogens is 6. The third kappa shape index (κ3) is 8.10. The van der Waals surface area contributed by atoms with Gasteiger partial charge in [-0.3, -0.25) is 4.79 Å². The van der Waals surface area contributed by atoms with Gasteiger partial charge in [0.25, 0.3) is 0 Å². The average Bonchev–Trinajstić information content (AvgIpc) is 3.67. The molecule has 0 bridgehead atoms. The number of alkyl halides is 6. The fraction of sp³-hybridized carbons (Fsp3) is 0.321. The first-order valence-corrected chi connectivity index (χ1v) is 13.7. The van der Waals surface area contributed by atoms with Crippen molar-refractivity contribution in [3.63, 3.8) is 0 Å². The van der Waals surface area contributed by atoms with Crippen LogP contribution in [0.1, 0.15) is 30.4 Å². The molecule has 224 valence electrons. The molecule has 0 spiro atoms. The number of aromatic amines is 1. The fourth-order valence-corrected chi connectivity index (χ4v) is 5.27. The van der Waals surface area contributed by atoms with E-state index in [9.17, 15) is 31.1 Å². The van der Waals surface area contributed by atoms with Gasteiger partial charge in [-0.25, -0.2) is 9.78 Å². The van der Waals surface area contributed by atoms with E-state index >= 15 is 0 Å². The van der Waals surface area contributed by atoms with Crippen LogP contribution in [0, 0.1) is 0 Å². The third-order valence-electron chi connectivity index (χ3n) is 6.38. The third-order valence-corrected chi connectivity index (χ3v) is 7.53. The molecule has 0 saturated carbocycles. The van der Waals surface area contributed by atoms with Crippen molar-refractivity contribution in [3.05, 3.63) is 65.7 Å². The number of nitrogens with one attached hydrogen (secondary N) is 2. The standard InChI is InChI=1S/C26H25F3N4OS.C2HF3O2/c27-26(28,29)19-7-8-20-21(15-19)32-25(31-20)23-10-9-22(35-23)18-5-1-4-17(14-18)16-30-11-3-13-33-12-2-6-24(33)34;3-2(4,5)1(6)7/h1,4-5,7-10,14-15,30H,2-3,6,11-13,16H2,(H,31,32);(H,6,7). The van der Waals surface area contributed by atoms with E-state index in [0.29, 0.717) is 23.3 Å². The number of rotatable bonds is 8. The first kappa shape index (κ1) is 31.0. The molecule has 3 N–H and O–H groups in total. The molecule has 4 aromatic rings. The molecule has 0 aliphatic carbocycles. The fourth-order valence-electron chi connectivity index (χ4n) is 4.33. The van der Waals surface area contributed by atoms with Crippen LogP contribution in [0.15, 0.2) is 54.6 Å². The highest BCUT2D eigenvalue weighted by Gasteiger charge is 2.38. The van der Waals surface area contributed by atoms with Crippen LogP contribution in [0.25, 0.3) is 32.2 Å². The molecule has 2 aromatic carbocycles. The van der Waals surface area contributed by atoms with Gasteiger partial charge in [0.05, 0.1) is 21.5 Å². The van der Waals surface area contributed by atoms with Gasteiger partial charge < -0.3 is 20.3 Å². The molecular weight excluding hydrogens is 586 g/mol. The number of thiophene rings is 1. The van der Waals surface area contributed by atoms with Crippen LogP contribution in [0.5, 0.6) is 0 Å². The van der Waals surface area contributed by atoms with Crippen LogP contribution in [-0.2, 0) is 22.3 Å². The van der Waals surface area contributed by atoms with Gasteiger partial charge >= 0.3 is 18.3 Å². The molecule has 1 fully saturated rings. The number of aliphatic carboxylic acids is 1. The van der Waals surface area contributed by atoms with Crippen molar-refractivity contribution in [2.24, 2.45) is 0 Å². The molecular formula is C28H26F6N4O3S. The van der Waals surface area contributed by atoms with Crippen LogP contribution in [0.2, 0.25) is 0 Å². The van der Waals surface area contributed by atoms with Gasteiger partial charge in [0.2, 0.25) is 5.91 Å². The number of likely N-dealkylation sites (tertiary alicyclic amines) is 1. The average molecular weight is 613 g/mol. The Labute approximate surface area is 240 Å². The highest BCUT2D eigenvalue weighted by Crippen LogP contribution is 2.36. The number of benzene rings is 2. The van der Waals surface area contributed by atoms with Crippen molar-refractivity contribution < 1.29 is 41.0 Å². The molecule has 0 atom stereocenters. The lowest BCUT2D eigenvalue weighted by molar-refractivity contribution is -0.192. The number of aromatic nitrogens is 2. The van der Waals surface area contributed by atoms with Crippen LogP contribution >= 0.6 is 11.3 Å². The number of nitrogens with zero attached hydrogens (tertiary/aromatic N) is 2. The highest BCUT2D eigenvalue weighted by molar-refractivity contribution is 7.18. The molecule has 1 saturated heterocycles. The first-order valence-electron chi connectivity index (χ1n) is 12.9. The monoisotopic (exact) mass is 612 g/mol. The van der Waals surface area contributed by atoms with Gasteiger partial charge in [-0.2, -0.15) is 26.3 Å². The molecule has 1 aliphatic heterocycles. The summed E-state index contributed by atoms with van der Waals surface area (Å²) < 4.78 is 70.8. The molecule has 3 heterocycles. The zero-order valence-electron chi connectivity index (χ0n) is 22.0. The van der Waals surface area contributed by atoms with Crippen molar-refractivity contribution in [2.75, 3.05) is 19.6 Å². The van der Waals surface area contributed by atoms with E-state index in [0.717, 1.165) is 72.0 Å². The number of carbonyl (C=O) groups excluding carboxylic acids is 1. The molecule has 0 unspecified atom stereocenters. The highest BCUT2D eigenvalue weighted by atomic mass is 32.1. The van der Waals surface area contributed by atoms with Crippen LogP contribution in [-0.4, -0.2) is 57.7 Å². The summed E-state index contributed by atoms with van der Waals surface area (Å²) in [5.74, 6) is -1.93. The molecule has 1 aliphatic rings. The second kappa shape index (κ2) is 12.9. The Morgan fingerprint density at radius 2 is 1.79 bits per heavy atom. The lowest BCUT2D eigenvalue weighted by Crippen LogP contribution is -2.28. The quantitative estimate of drug-likeness (QED) is 0.152. The number of imidazole rings is 1. The number of carboxylic acid groups (broad SMARTS) is 1. The number of hydrogen-bond acceptors (Lipinski definition) is 5. The van der Waals surface area contributed by atoms with Gasteiger partial charge in [0, 0.05) is 30.9 Å². The lowest BCUT2D eigenvalue weighted by Gasteiger charge is -2.15. The largest absolute Gasteiger partial charge is 0.490 e. The summed E-state index contributed by atoms with van der Waals surface area (Å²) in [5.41, 5.74) is 2.43. The second-order valence-corrected chi connectivity index (χ2v) is 10.6. The molecule has 5 rings (SSSR count). The minimum atomic E-state index is -5.08. The van der Waals surface area contributed by atoms with E-state index in [1.165, 1.54) is 6.07 Å². The number of hydrogen-bond donors (Lipinski definition) is 3. The van der Waals surface area contributed by atoms with Crippen LogP contribution in [0.3, 0.4) is 0 Å². The molecule has 14 heteroatoms. The van der Waals surface area contributed by atoms with Crippen LogP contribution < -0.4 is 5.32 Å². The van der Waals surface area contributed by atoms with Gasteiger partial charge in [0.1, 0.15) is 5.82 Å². The Hall–Kier alpha value is -3.91.